The number of nitriles is 1. The van der Waals surface area contributed by atoms with Crippen molar-refractivity contribution in [3.05, 3.63) is 69.4 Å². The van der Waals surface area contributed by atoms with Crippen molar-refractivity contribution >= 4 is 21.2 Å². The summed E-state index contributed by atoms with van der Waals surface area (Å²) in [6.45, 7) is 1.76. The van der Waals surface area contributed by atoms with E-state index in [2.05, 4.69) is 11.1 Å². The van der Waals surface area contributed by atoms with Crippen LogP contribution in [0, 0.1) is 24.1 Å². The predicted molar refractivity (Wildman–Crippen MR) is 99.3 cm³/mol. The zero-order chi connectivity index (χ0) is 18.9. The minimum absolute atomic E-state index is 0.226. The molecule has 3 aromatic rings. The van der Waals surface area contributed by atoms with Crippen molar-refractivity contribution in [2.75, 3.05) is 6.26 Å². The largest absolute Gasteiger partial charge is 0.256 e. The molecule has 132 valence electrons. The number of hydrogen-bond acceptors (Lipinski definition) is 5. The topological polar surface area (TPSA) is 70.8 Å². The van der Waals surface area contributed by atoms with Gasteiger partial charge in [0, 0.05) is 28.5 Å². The number of rotatable bonds is 4. The molecule has 1 aromatic carbocycles. The molecule has 0 spiro atoms. The van der Waals surface area contributed by atoms with Gasteiger partial charge in [0.05, 0.1) is 21.8 Å². The van der Waals surface area contributed by atoms with Crippen LogP contribution in [0.1, 0.15) is 21.8 Å². The van der Waals surface area contributed by atoms with Crippen LogP contribution in [-0.2, 0) is 16.3 Å². The summed E-state index contributed by atoms with van der Waals surface area (Å²) in [6.07, 6.45) is 1.59. The maximum Gasteiger partial charge on any atom is 0.175 e. The molecule has 0 atom stereocenters. The molecule has 26 heavy (non-hydrogen) atoms. The number of sulfone groups is 1. The highest BCUT2D eigenvalue weighted by atomic mass is 32.2. The van der Waals surface area contributed by atoms with Crippen molar-refractivity contribution < 1.29 is 12.8 Å². The van der Waals surface area contributed by atoms with Crippen molar-refractivity contribution in [2.24, 2.45) is 0 Å². The number of aryl methyl sites for hydroxylation is 1. The Hall–Kier alpha value is -2.56. The number of aromatic nitrogens is 1. The van der Waals surface area contributed by atoms with E-state index in [0.29, 0.717) is 17.7 Å². The van der Waals surface area contributed by atoms with E-state index in [1.807, 2.05) is 0 Å². The molecular formula is C19H15FN2O2S2. The molecule has 0 radical (unpaired) electrons. The van der Waals surface area contributed by atoms with Crippen LogP contribution in [0.3, 0.4) is 0 Å². The van der Waals surface area contributed by atoms with Crippen LogP contribution in [0.2, 0.25) is 0 Å². The minimum atomic E-state index is -3.29. The predicted octanol–water partition coefficient (Wildman–Crippen LogP) is 4.12. The molecule has 0 fully saturated rings. The van der Waals surface area contributed by atoms with Gasteiger partial charge in [-0.25, -0.2) is 12.8 Å². The van der Waals surface area contributed by atoms with Gasteiger partial charge in [0.1, 0.15) is 11.9 Å². The Balaban J connectivity index is 2.10. The number of thiophene rings is 1. The summed E-state index contributed by atoms with van der Waals surface area (Å²) >= 11 is 1.31. The fourth-order valence-corrected chi connectivity index (χ4v) is 4.01. The lowest BCUT2D eigenvalue weighted by Crippen LogP contribution is -2.01. The summed E-state index contributed by atoms with van der Waals surface area (Å²) in [4.78, 5) is 5.59. The third-order valence-electron chi connectivity index (χ3n) is 3.97. The lowest BCUT2D eigenvalue weighted by Gasteiger charge is -2.11. The Kier molecular flexibility index (Phi) is 4.90. The van der Waals surface area contributed by atoms with Gasteiger partial charge >= 0.3 is 0 Å². The summed E-state index contributed by atoms with van der Waals surface area (Å²) < 4.78 is 36.6. The first-order valence-electron chi connectivity index (χ1n) is 7.72. The molecule has 0 amide bonds. The van der Waals surface area contributed by atoms with E-state index in [4.69, 9.17) is 0 Å². The maximum absolute atomic E-state index is 13.3. The van der Waals surface area contributed by atoms with Gasteiger partial charge in [-0.2, -0.15) is 5.26 Å². The summed E-state index contributed by atoms with van der Waals surface area (Å²) in [5.41, 5.74) is 3.27. The third kappa shape index (κ3) is 3.82. The van der Waals surface area contributed by atoms with Gasteiger partial charge in [0.15, 0.2) is 9.84 Å². The van der Waals surface area contributed by atoms with Crippen LogP contribution in [-0.4, -0.2) is 19.7 Å². The Labute approximate surface area is 155 Å². The van der Waals surface area contributed by atoms with Crippen molar-refractivity contribution in [3.63, 3.8) is 0 Å². The summed E-state index contributed by atoms with van der Waals surface area (Å²) in [5.74, 6) is -0.283. The van der Waals surface area contributed by atoms with Gasteiger partial charge in [-0.15, -0.1) is 11.3 Å². The van der Waals surface area contributed by atoms with Crippen LogP contribution < -0.4 is 0 Å². The van der Waals surface area contributed by atoms with Crippen molar-refractivity contribution in [1.29, 1.82) is 5.26 Å². The SMILES string of the molecule is Cc1nc(Cc2cc(F)cs2)c(-c2ccc(S(C)(=O)=O)cc2)cc1C#N. The van der Waals surface area contributed by atoms with Gasteiger partial charge in [-0.3, -0.25) is 4.98 Å². The van der Waals surface area contributed by atoms with Gasteiger partial charge in [-0.05, 0) is 36.8 Å². The molecule has 4 nitrogen and oxygen atoms in total. The molecule has 2 aromatic heterocycles. The highest BCUT2D eigenvalue weighted by molar-refractivity contribution is 7.90. The second-order valence-electron chi connectivity index (χ2n) is 5.93. The molecule has 0 unspecified atom stereocenters. The van der Waals surface area contributed by atoms with Crippen LogP contribution in [0.25, 0.3) is 11.1 Å². The second-order valence-corrected chi connectivity index (χ2v) is 8.94. The minimum Gasteiger partial charge on any atom is -0.256 e. The number of hydrogen-bond donors (Lipinski definition) is 0. The smallest absolute Gasteiger partial charge is 0.175 e. The van der Waals surface area contributed by atoms with Crippen LogP contribution in [0.15, 0.2) is 46.7 Å². The van der Waals surface area contributed by atoms with Gasteiger partial charge in [-0.1, -0.05) is 12.1 Å². The van der Waals surface area contributed by atoms with Crippen molar-refractivity contribution in [3.8, 4) is 17.2 Å². The lowest BCUT2D eigenvalue weighted by atomic mass is 9.99. The summed E-state index contributed by atoms with van der Waals surface area (Å²) in [6, 6.07) is 11.8. The molecule has 2 heterocycles. The Morgan fingerprint density at radius 3 is 2.46 bits per heavy atom. The lowest BCUT2D eigenvalue weighted by molar-refractivity contribution is 0.602. The Morgan fingerprint density at radius 1 is 1.23 bits per heavy atom. The summed E-state index contributed by atoms with van der Waals surface area (Å²) in [5, 5.41) is 10.7. The van der Waals surface area contributed by atoms with Gasteiger partial charge in [0.25, 0.3) is 0 Å². The monoisotopic (exact) mass is 386 g/mol. The first-order valence-corrected chi connectivity index (χ1v) is 10.5. The van der Waals surface area contributed by atoms with E-state index < -0.39 is 9.84 Å². The molecule has 0 N–H and O–H groups in total. The van der Waals surface area contributed by atoms with E-state index in [0.717, 1.165) is 28.0 Å². The average Bonchev–Trinajstić information content (AvgIpc) is 2.99. The highest BCUT2D eigenvalue weighted by Gasteiger charge is 2.14. The third-order valence-corrected chi connectivity index (χ3v) is 6.01. The van der Waals surface area contributed by atoms with E-state index >= 15 is 0 Å². The molecule has 0 aliphatic carbocycles. The summed E-state index contributed by atoms with van der Waals surface area (Å²) in [7, 11) is -3.29. The first kappa shape index (κ1) is 18.2. The maximum atomic E-state index is 13.3. The number of nitrogens with zero attached hydrogens (tertiary/aromatic N) is 2. The highest BCUT2D eigenvalue weighted by Crippen LogP contribution is 2.29. The molecule has 0 saturated carbocycles. The Bertz CT molecular complexity index is 1110. The number of benzene rings is 1. The van der Waals surface area contributed by atoms with Gasteiger partial charge in [0.2, 0.25) is 0 Å². The molecule has 0 aliphatic rings. The van der Waals surface area contributed by atoms with E-state index in [1.165, 1.54) is 34.9 Å². The molecule has 3 rings (SSSR count). The molecular weight excluding hydrogens is 371 g/mol. The Morgan fingerprint density at radius 2 is 1.92 bits per heavy atom. The average molecular weight is 386 g/mol. The zero-order valence-electron chi connectivity index (χ0n) is 14.2. The fraction of sp³-hybridized carbons (Fsp3) is 0.158. The number of halogens is 1. The molecule has 0 saturated heterocycles. The number of pyridine rings is 1. The van der Waals surface area contributed by atoms with Crippen LogP contribution >= 0.6 is 11.3 Å². The van der Waals surface area contributed by atoms with Crippen LogP contribution in [0.5, 0.6) is 0 Å². The quantitative estimate of drug-likeness (QED) is 0.676. The fourth-order valence-electron chi connectivity index (χ4n) is 2.65. The molecule has 7 heteroatoms. The van der Waals surface area contributed by atoms with Crippen molar-refractivity contribution in [2.45, 2.75) is 18.2 Å². The standard InChI is InChI=1S/C19H15FN2O2S2/c1-12-14(10-21)7-18(13-3-5-17(6-4-13)26(2,23)24)19(22-12)9-16-8-15(20)11-25-16/h3-8,11H,9H2,1-2H3. The van der Waals surface area contributed by atoms with Gasteiger partial charge < -0.3 is 0 Å². The van der Waals surface area contributed by atoms with E-state index in [1.54, 1.807) is 25.1 Å². The molecule has 0 aliphatic heterocycles. The van der Waals surface area contributed by atoms with Crippen LogP contribution in [0.4, 0.5) is 4.39 Å². The normalized spacial score (nSPS) is 11.3. The van der Waals surface area contributed by atoms with Crippen molar-refractivity contribution in [1.82, 2.24) is 4.98 Å². The molecule has 0 bridgehead atoms. The van der Waals surface area contributed by atoms with E-state index in [9.17, 15) is 18.1 Å². The second kappa shape index (κ2) is 6.98. The zero-order valence-corrected chi connectivity index (χ0v) is 15.8. The first-order chi connectivity index (χ1) is 12.3. The van der Waals surface area contributed by atoms with E-state index in [-0.39, 0.29) is 10.7 Å².